The largest absolute Gasteiger partial charge is 0.469 e. The second-order valence-electron chi connectivity index (χ2n) is 5.23. The van der Waals surface area contributed by atoms with Crippen molar-refractivity contribution in [2.45, 2.75) is 37.9 Å². The van der Waals surface area contributed by atoms with E-state index in [0.717, 1.165) is 53.6 Å². The minimum atomic E-state index is -0.459. The van der Waals surface area contributed by atoms with Gasteiger partial charge in [-0.3, -0.25) is 4.79 Å². The van der Waals surface area contributed by atoms with Crippen molar-refractivity contribution in [3.05, 3.63) is 27.7 Å². The lowest BCUT2D eigenvalue weighted by molar-refractivity contribution is -0.160. The van der Waals surface area contributed by atoms with Gasteiger partial charge in [0.05, 0.1) is 24.6 Å². The molecule has 1 aromatic carbocycles. The van der Waals surface area contributed by atoms with Gasteiger partial charge in [-0.2, -0.15) is 0 Å². The summed E-state index contributed by atoms with van der Waals surface area (Å²) in [5.41, 5.74) is 2.06. The highest BCUT2D eigenvalue weighted by molar-refractivity contribution is 9.10. The Morgan fingerprint density at radius 3 is 3.00 bits per heavy atom. The summed E-state index contributed by atoms with van der Waals surface area (Å²) in [7, 11) is 1.41. The molecule has 2 aliphatic heterocycles. The number of halogens is 1. The monoisotopic (exact) mass is 340 g/mol. The summed E-state index contributed by atoms with van der Waals surface area (Å²) in [5.74, 6) is 0.130. The topological polar surface area (TPSA) is 44.8 Å². The van der Waals surface area contributed by atoms with Gasteiger partial charge < -0.3 is 14.2 Å². The quantitative estimate of drug-likeness (QED) is 0.776. The van der Waals surface area contributed by atoms with Gasteiger partial charge >= 0.3 is 5.97 Å². The first-order valence-corrected chi connectivity index (χ1v) is 7.63. The van der Waals surface area contributed by atoms with Crippen LogP contribution in [0, 0.1) is 0 Å². The smallest absolute Gasteiger partial charge is 0.309 e. The second-order valence-corrected chi connectivity index (χ2v) is 6.09. The maximum atomic E-state index is 11.5. The van der Waals surface area contributed by atoms with Crippen molar-refractivity contribution in [3.8, 4) is 5.75 Å². The molecule has 1 atom stereocenters. The number of carbonyl (C=O) groups excluding carboxylic acids is 1. The summed E-state index contributed by atoms with van der Waals surface area (Å²) >= 11 is 3.53. The van der Waals surface area contributed by atoms with Crippen LogP contribution in [0.3, 0.4) is 0 Å². The summed E-state index contributed by atoms with van der Waals surface area (Å²) in [5, 5.41) is 0. The Labute approximate surface area is 126 Å². The normalized spacial score (nSPS) is 24.3. The molecule has 2 aliphatic rings. The van der Waals surface area contributed by atoms with Gasteiger partial charge in [-0.15, -0.1) is 0 Å². The summed E-state index contributed by atoms with van der Waals surface area (Å²) < 4.78 is 17.6. The molecule has 0 aliphatic carbocycles. The van der Waals surface area contributed by atoms with Gasteiger partial charge in [0.25, 0.3) is 0 Å². The Morgan fingerprint density at radius 2 is 2.30 bits per heavy atom. The third-order valence-corrected chi connectivity index (χ3v) is 4.61. The van der Waals surface area contributed by atoms with E-state index in [4.69, 9.17) is 14.2 Å². The van der Waals surface area contributed by atoms with Crippen molar-refractivity contribution in [1.29, 1.82) is 0 Å². The van der Waals surface area contributed by atoms with Crippen molar-refractivity contribution in [2.75, 3.05) is 13.7 Å². The number of fused-ring (bicyclic) bond motifs is 1. The van der Waals surface area contributed by atoms with E-state index in [1.54, 1.807) is 0 Å². The predicted molar refractivity (Wildman–Crippen MR) is 76.7 cm³/mol. The number of rotatable bonds is 2. The molecule has 0 N–H and O–H groups in total. The van der Waals surface area contributed by atoms with Gasteiger partial charge in [0, 0.05) is 12.8 Å². The summed E-state index contributed by atoms with van der Waals surface area (Å²) in [6, 6.07) is 3.88. The van der Waals surface area contributed by atoms with E-state index in [0.29, 0.717) is 0 Å². The first kappa shape index (κ1) is 13.9. The van der Waals surface area contributed by atoms with Crippen molar-refractivity contribution < 1.29 is 19.0 Å². The van der Waals surface area contributed by atoms with Crippen LogP contribution in [0.2, 0.25) is 0 Å². The fourth-order valence-corrected chi connectivity index (χ4v) is 3.37. The Kier molecular flexibility index (Phi) is 3.73. The minimum absolute atomic E-state index is 0.230. The third-order valence-electron chi connectivity index (χ3n) is 3.98. The first-order chi connectivity index (χ1) is 9.63. The van der Waals surface area contributed by atoms with Crippen LogP contribution in [0.5, 0.6) is 5.75 Å². The van der Waals surface area contributed by atoms with Crippen molar-refractivity contribution >= 4 is 21.9 Å². The van der Waals surface area contributed by atoms with Crippen LogP contribution in [0.15, 0.2) is 16.6 Å². The van der Waals surface area contributed by atoms with Gasteiger partial charge in [-0.25, -0.2) is 0 Å². The molecule has 108 valence electrons. The molecule has 20 heavy (non-hydrogen) atoms. The maximum absolute atomic E-state index is 11.5. The van der Waals surface area contributed by atoms with Crippen LogP contribution in [-0.4, -0.2) is 25.5 Å². The standard InChI is InChI=1S/C15H17BrO4/c1-18-13(17)9-10-3-4-12(16)14-11(10)5-7-15(20-14)6-2-8-19-15/h3-4H,2,5-9H2,1H3. The number of esters is 1. The van der Waals surface area contributed by atoms with E-state index in [2.05, 4.69) is 15.9 Å². The van der Waals surface area contributed by atoms with Gasteiger partial charge in [-0.1, -0.05) is 6.07 Å². The molecule has 0 amide bonds. The third kappa shape index (κ3) is 2.44. The maximum Gasteiger partial charge on any atom is 0.309 e. The van der Waals surface area contributed by atoms with Gasteiger partial charge in [0.15, 0.2) is 0 Å². The second kappa shape index (κ2) is 5.37. The van der Waals surface area contributed by atoms with Crippen LogP contribution in [-0.2, 0) is 27.1 Å². The van der Waals surface area contributed by atoms with E-state index in [1.807, 2.05) is 12.1 Å². The fraction of sp³-hybridized carbons (Fsp3) is 0.533. The number of ether oxygens (including phenoxy) is 3. The SMILES string of the molecule is COC(=O)Cc1ccc(Br)c2c1CCC1(CCCO1)O2. The van der Waals surface area contributed by atoms with Crippen molar-refractivity contribution in [2.24, 2.45) is 0 Å². The Balaban J connectivity index is 1.93. The lowest BCUT2D eigenvalue weighted by atomic mass is 9.93. The van der Waals surface area contributed by atoms with E-state index in [-0.39, 0.29) is 12.4 Å². The van der Waals surface area contributed by atoms with E-state index < -0.39 is 5.79 Å². The molecular formula is C15H17BrO4. The fourth-order valence-electron chi connectivity index (χ4n) is 2.92. The van der Waals surface area contributed by atoms with Crippen LogP contribution in [0.25, 0.3) is 0 Å². The molecule has 1 unspecified atom stereocenters. The van der Waals surface area contributed by atoms with Gasteiger partial charge in [-0.05, 0) is 46.0 Å². The average Bonchev–Trinajstić information content (AvgIpc) is 2.90. The molecule has 4 nitrogen and oxygen atoms in total. The molecular weight excluding hydrogens is 324 g/mol. The van der Waals surface area contributed by atoms with Crippen LogP contribution < -0.4 is 4.74 Å². The number of hydrogen-bond donors (Lipinski definition) is 0. The molecule has 0 bridgehead atoms. The molecule has 0 saturated carbocycles. The molecule has 2 heterocycles. The van der Waals surface area contributed by atoms with Crippen molar-refractivity contribution in [1.82, 2.24) is 0 Å². The Morgan fingerprint density at radius 1 is 1.45 bits per heavy atom. The number of carbonyl (C=O) groups is 1. The number of hydrogen-bond acceptors (Lipinski definition) is 4. The summed E-state index contributed by atoms with van der Waals surface area (Å²) in [4.78, 5) is 11.5. The van der Waals surface area contributed by atoms with E-state index >= 15 is 0 Å². The lowest BCUT2D eigenvalue weighted by Gasteiger charge is -2.35. The summed E-state index contributed by atoms with van der Waals surface area (Å²) in [6.45, 7) is 0.759. The molecule has 0 aromatic heterocycles. The highest BCUT2D eigenvalue weighted by atomic mass is 79.9. The Hall–Kier alpha value is -1.07. The number of benzene rings is 1. The molecule has 3 rings (SSSR count). The van der Waals surface area contributed by atoms with Crippen LogP contribution in [0.4, 0.5) is 0 Å². The predicted octanol–water partition coefficient (Wildman–Crippen LogP) is 3.00. The van der Waals surface area contributed by atoms with Gasteiger partial charge in [0.1, 0.15) is 5.75 Å². The lowest BCUT2D eigenvalue weighted by Crippen LogP contribution is -2.39. The molecule has 5 heteroatoms. The highest BCUT2D eigenvalue weighted by Gasteiger charge is 2.41. The molecule has 1 aromatic rings. The van der Waals surface area contributed by atoms with E-state index in [1.165, 1.54) is 7.11 Å². The van der Waals surface area contributed by atoms with Crippen molar-refractivity contribution in [3.63, 3.8) is 0 Å². The minimum Gasteiger partial charge on any atom is -0.469 e. The Bertz CT molecular complexity index is 535. The molecule has 1 spiro atoms. The summed E-state index contributed by atoms with van der Waals surface area (Å²) in [6.07, 6.45) is 3.95. The molecule has 0 radical (unpaired) electrons. The number of methoxy groups -OCH3 is 1. The van der Waals surface area contributed by atoms with Crippen LogP contribution >= 0.6 is 15.9 Å². The molecule has 1 fully saturated rings. The van der Waals surface area contributed by atoms with E-state index in [9.17, 15) is 4.79 Å². The average molecular weight is 341 g/mol. The zero-order valence-electron chi connectivity index (χ0n) is 11.4. The van der Waals surface area contributed by atoms with Crippen LogP contribution in [0.1, 0.15) is 30.4 Å². The zero-order chi connectivity index (χ0) is 14.2. The molecule has 1 saturated heterocycles. The zero-order valence-corrected chi connectivity index (χ0v) is 13.0. The van der Waals surface area contributed by atoms with Gasteiger partial charge in [0.2, 0.25) is 5.79 Å². The highest BCUT2D eigenvalue weighted by Crippen LogP contribution is 2.44. The first-order valence-electron chi connectivity index (χ1n) is 6.83.